The second kappa shape index (κ2) is 5.54. The minimum absolute atomic E-state index is 0.0770. The highest BCUT2D eigenvalue weighted by Gasteiger charge is 2.74. The smallest absolute Gasteiger partial charge is 0.325 e. The quantitative estimate of drug-likeness (QED) is 0.861. The van der Waals surface area contributed by atoms with Crippen LogP contribution in [0.15, 0.2) is 53.4 Å². The van der Waals surface area contributed by atoms with Crippen molar-refractivity contribution in [1.29, 1.82) is 0 Å². The third-order valence-electron chi connectivity index (χ3n) is 4.23. The third kappa shape index (κ3) is 2.49. The first-order chi connectivity index (χ1) is 11.2. The van der Waals surface area contributed by atoms with Gasteiger partial charge in [0, 0.05) is 10.9 Å². The molecule has 0 spiro atoms. The van der Waals surface area contributed by atoms with Crippen LogP contribution in [0.2, 0.25) is 5.02 Å². The maximum Gasteiger partial charge on any atom is 0.325 e. The minimum Gasteiger partial charge on any atom is -0.480 e. The summed E-state index contributed by atoms with van der Waals surface area (Å²) in [6.45, 7) is 0. The summed E-state index contributed by atoms with van der Waals surface area (Å²) in [5.41, 5.74) is 4.12. The zero-order chi connectivity index (χ0) is 17.7. The standard InChI is InChI=1S/C16H13ClFNO4S/c17-10-4-6-12(7-5-10)24(22,23)14-13(16(14,19)15(20)21)9-2-1-3-11(18)8-9/h1-8,13-14H,19H2,(H,20,21)/t13-,14+,16+/m0/s1. The van der Waals surface area contributed by atoms with Crippen molar-refractivity contribution >= 4 is 27.4 Å². The number of hydrogen-bond acceptors (Lipinski definition) is 4. The SMILES string of the molecule is N[C@@]1(C(=O)O)[C@H](S(=O)(=O)c2ccc(Cl)cc2)[C@@H]1c1cccc(F)c1. The molecule has 8 heteroatoms. The number of carboxylic acids is 1. The van der Waals surface area contributed by atoms with Crippen molar-refractivity contribution in [3.8, 4) is 0 Å². The summed E-state index contributed by atoms with van der Waals surface area (Å²) in [5.74, 6) is -3.07. The van der Waals surface area contributed by atoms with Gasteiger partial charge in [-0.1, -0.05) is 23.7 Å². The molecule has 2 aromatic rings. The Labute approximate surface area is 142 Å². The molecule has 0 unspecified atom stereocenters. The molecule has 2 aromatic carbocycles. The predicted octanol–water partition coefficient (Wildman–Crippen LogP) is 2.20. The van der Waals surface area contributed by atoms with Crippen LogP contribution in [-0.2, 0) is 14.6 Å². The van der Waals surface area contributed by atoms with Gasteiger partial charge < -0.3 is 10.8 Å². The molecule has 1 aliphatic rings. The van der Waals surface area contributed by atoms with Gasteiger partial charge in [-0.3, -0.25) is 4.79 Å². The molecule has 5 nitrogen and oxygen atoms in total. The fourth-order valence-electron chi connectivity index (χ4n) is 2.99. The van der Waals surface area contributed by atoms with Crippen LogP contribution in [0.25, 0.3) is 0 Å². The molecule has 0 aromatic heterocycles. The Morgan fingerprint density at radius 1 is 1.21 bits per heavy atom. The largest absolute Gasteiger partial charge is 0.480 e. The van der Waals surface area contributed by atoms with Gasteiger partial charge in [0.15, 0.2) is 9.84 Å². The minimum atomic E-state index is -4.03. The normalized spacial score (nSPS) is 26.1. The topological polar surface area (TPSA) is 97.5 Å². The van der Waals surface area contributed by atoms with Gasteiger partial charge in [-0.05, 0) is 42.0 Å². The van der Waals surface area contributed by atoms with Crippen molar-refractivity contribution in [3.05, 3.63) is 64.9 Å². The van der Waals surface area contributed by atoms with E-state index in [4.69, 9.17) is 17.3 Å². The van der Waals surface area contributed by atoms with Crippen molar-refractivity contribution in [3.63, 3.8) is 0 Å². The highest BCUT2D eigenvalue weighted by atomic mass is 35.5. The average Bonchev–Trinajstić information content (AvgIpc) is 3.17. The number of carbonyl (C=O) groups is 1. The summed E-state index contributed by atoms with van der Waals surface area (Å²) in [6.07, 6.45) is 0. The Bertz CT molecular complexity index is 916. The van der Waals surface area contributed by atoms with Crippen molar-refractivity contribution in [2.75, 3.05) is 0 Å². The number of halogens is 2. The molecule has 24 heavy (non-hydrogen) atoms. The van der Waals surface area contributed by atoms with E-state index in [0.717, 1.165) is 6.07 Å². The molecular weight excluding hydrogens is 357 g/mol. The maximum absolute atomic E-state index is 13.4. The lowest BCUT2D eigenvalue weighted by molar-refractivity contribution is -0.139. The molecular formula is C16H13ClFNO4S. The van der Waals surface area contributed by atoms with E-state index >= 15 is 0 Å². The van der Waals surface area contributed by atoms with E-state index in [1.165, 1.54) is 42.5 Å². The van der Waals surface area contributed by atoms with Gasteiger partial charge >= 0.3 is 5.97 Å². The lowest BCUT2D eigenvalue weighted by Crippen LogP contribution is -2.39. The van der Waals surface area contributed by atoms with Gasteiger partial charge in [0.25, 0.3) is 0 Å². The number of hydrogen-bond donors (Lipinski definition) is 2. The maximum atomic E-state index is 13.4. The first kappa shape index (κ1) is 16.9. The molecule has 3 atom stereocenters. The number of carboxylic acid groups (broad SMARTS) is 1. The predicted molar refractivity (Wildman–Crippen MR) is 86.1 cm³/mol. The van der Waals surface area contributed by atoms with Gasteiger partial charge in [-0.15, -0.1) is 0 Å². The number of benzene rings is 2. The summed E-state index contributed by atoms with van der Waals surface area (Å²) >= 11 is 5.75. The van der Waals surface area contributed by atoms with Gasteiger partial charge in [-0.2, -0.15) is 0 Å². The molecule has 1 saturated carbocycles. The van der Waals surface area contributed by atoms with E-state index in [1.54, 1.807) is 0 Å². The second-order valence-corrected chi connectivity index (χ2v) is 8.20. The summed E-state index contributed by atoms with van der Waals surface area (Å²) in [6, 6.07) is 10.5. The number of sulfone groups is 1. The number of nitrogens with two attached hydrogens (primary N) is 1. The fraction of sp³-hybridized carbons (Fsp3) is 0.188. The Kier molecular flexibility index (Phi) is 3.90. The van der Waals surface area contributed by atoms with Gasteiger partial charge in [0.2, 0.25) is 0 Å². The second-order valence-electron chi connectivity index (χ2n) is 5.69. The zero-order valence-electron chi connectivity index (χ0n) is 12.2. The highest BCUT2D eigenvalue weighted by molar-refractivity contribution is 7.92. The molecule has 3 N–H and O–H groups in total. The summed E-state index contributed by atoms with van der Waals surface area (Å²) < 4.78 is 39.1. The summed E-state index contributed by atoms with van der Waals surface area (Å²) in [4.78, 5) is 11.5. The summed E-state index contributed by atoms with van der Waals surface area (Å²) in [5, 5.41) is 8.40. The fourth-order valence-corrected chi connectivity index (χ4v) is 5.34. The molecule has 0 saturated heterocycles. The van der Waals surface area contributed by atoms with Crippen molar-refractivity contribution in [2.24, 2.45) is 5.73 Å². The molecule has 1 aliphatic carbocycles. The van der Waals surface area contributed by atoms with E-state index in [0.29, 0.717) is 5.02 Å². The summed E-state index contributed by atoms with van der Waals surface area (Å²) in [7, 11) is -4.03. The van der Waals surface area contributed by atoms with Crippen LogP contribution < -0.4 is 5.73 Å². The Morgan fingerprint density at radius 3 is 2.38 bits per heavy atom. The van der Waals surface area contributed by atoms with Gasteiger partial charge in [0.05, 0.1) is 4.90 Å². The average molecular weight is 370 g/mol. The van der Waals surface area contributed by atoms with E-state index in [9.17, 15) is 22.7 Å². The molecule has 0 heterocycles. The van der Waals surface area contributed by atoms with Crippen molar-refractivity contribution in [2.45, 2.75) is 21.6 Å². The van der Waals surface area contributed by atoms with E-state index in [2.05, 4.69) is 0 Å². The zero-order valence-corrected chi connectivity index (χ0v) is 13.8. The first-order valence-corrected chi connectivity index (χ1v) is 8.88. The Morgan fingerprint density at radius 2 is 1.83 bits per heavy atom. The van der Waals surface area contributed by atoms with Gasteiger partial charge in [-0.25, -0.2) is 12.8 Å². The van der Waals surface area contributed by atoms with Crippen molar-refractivity contribution < 1.29 is 22.7 Å². The third-order valence-corrected chi connectivity index (χ3v) is 6.75. The lowest BCUT2D eigenvalue weighted by Gasteiger charge is -2.06. The van der Waals surface area contributed by atoms with E-state index in [1.807, 2.05) is 0 Å². The van der Waals surface area contributed by atoms with E-state index in [-0.39, 0.29) is 10.5 Å². The molecule has 0 radical (unpaired) electrons. The monoisotopic (exact) mass is 369 g/mol. The molecule has 126 valence electrons. The van der Waals surface area contributed by atoms with Crippen LogP contribution in [-0.4, -0.2) is 30.3 Å². The Balaban J connectivity index is 2.08. The number of rotatable bonds is 4. The molecule has 3 rings (SSSR count). The first-order valence-electron chi connectivity index (χ1n) is 6.96. The lowest BCUT2D eigenvalue weighted by atomic mass is 10.1. The van der Waals surface area contributed by atoms with Crippen molar-refractivity contribution in [1.82, 2.24) is 0 Å². The highest BCUT2D eigenvalue weighted by Crippen LogP contribution is 2.55. The molecule has 0 bridgehead atoms. The van der Waals surface area contributed by atoms with Gasteiger partial charge in [0.1, 0.15) is 16.6 Å². The van der Waals surface area contributed by atoms with Crippen LogP contribution in [0.1, 0.15) is 11.5 Å². The van der Waals surface area contributed by atoms with Crippen LogP contribution in [0.5, 0.6) is 0 Å². The molecule has 1 fully saturated rings. The van der Waals surface area contributed by atoms with Crippen LogP contribution >= 0.6 is 11.6 Å². The van der Waals surface area contributed by atoms with Crippen LogP contribution in [0, 0.1) is 5.82 Å². The number of aliphatic carboxylic acids is 1. The molecule has 0 amide bonds. The molecule has 0 aliphatic heterocycles. The van der Waals surface area contributed by atoms with Crippen LogP contribution in [0.4, 0.5) is 4.39 Å². The van der Waals surface area contributed by atoms with Crippen LogP contribution in [0.3, 0.4) is 0 Å². The Hall–Kier alpha value is -1.96. The van der Waals surface area contributed by atoms with E-state index < -0.39 is 38.3 Å².